The molecule has 1 atom stereocenters. The molecule has 0 bridgehead atoms. The lowest BCUT2D eigenvalue weighted by Gasteiger charge is -2.30. The first-order chi connectivity index (χ1) is 17.5. The van der Waals surface area contributed by atoms with Gasteiger partial charge in [-0.05, 0) is 63.1 Å². The van der Waals surface area contributed by atoms with Gasteiger partial charge in [-0.3, -0.25) is 9.59 Å². The van der Waals surface area contributed by atoms with E-state index in [9.17, 15) is 19.6 Å². The molecule has 3 aromatic carbocycles. The molecule has 3 aromatic rings. The molecule has 0 aromatic heterocycles. The van der Waals surface area contributed by atoms with Crippen LogP contribution in [-0.4, -0.2) is 41.5 Å². The van der Waals surface area contributed by atoms with Gasteiger partial charge in [0.1, 0.15) is 24.7 Å². The van der Waals surface area contributed by atoms with Crippen molar-refractivity contribution in [2.24, 2.45) is 0 Å². The minimum atomic E-state index is -1.10. The summed E-state index contributed by atoms with van der Waals surface area (Å²) in [6.07, 6.45) is -0.763. The second-order valence-electron chi connectivity index (χ2n) is 9.91. The van der Waals surface area contributed by atoms with Crippen LogP contribution in [0, 0.1) is 25.2 Å². The Morgan fingerprint density at radius 3 is 2.24 bits per heavy atom. The number of carbonyl (C=O) groups excluding carboxylic acids is 3. The molecule has 0 heterocycles. The van der Waals surface area contributed by atoms with E-state index in [1.165, 1.54) is 4.90 Å². The van der Waals surface area contributed by atoms with Crippen molar-refractivity contribution in [1.82, 2.24) is 10.2 Å². The number of anilines is 1. The number of aryl methyl sites for hydroxylation is 2. The summed E-state index contributed by atoms with van der Waals surface area (Å²) in [6, 6.07) is 19.8. The summed E-state index contributed by atoms with van der Waals surface area (Å²) in [6.45, 7) is 8.15. The number of rotatable bonds is 7. The fraction of sp³-hybridized carbons (Fsp3) is 0.310. The molecule has 37 heavy (non-hydrogen) atoms. The van der Waals surface area contributed by atoms with Gasteiger partial charge < -0.3 is 20.3 Å². The van der Waals surface area contributed by atoms with Crippen molar-refractivity contribution >= 4 is 34.4 Å². The van der Waals surface area contributed by atoms with Crippen molar-refractivity contribution in [1.29, 1.82) is 5.26 Å². The molecule has 3 amide bonds. The van der Waals surface area contributed by atoms with Crippen LogP contribution in [0.15, 0.2) is 60.7 Å². The molecule has 0 saturated heterocycles. The molecule has 8 nitrogen and oxygen atoms in total. The quantitative estimate of drug-likeness (QED) is 0.443. The van der Waals surface area contributed by atoms with Crippen LogP contribution in [0.25, 0.3) is 10.8 Å². The number of amides is 3. The summed E-state index contributed by atoms with van der Waals surface area (Å²) in [4.78, 5) is 40.2. The average molecular weight is 501 g/mol. The number of fused-ring (bicyclic) bond motifs is 1. The number of nitrogens with zero attached hydrogens (tertiary/aromatic N) is 2. The maximum atomic E-state index is 13.7. The van der Waals surface area contributed by atoms with E-state index >= 15 is 0 Å². The fourth-order valence-corrected chi connectivity index (χ4v) is 4.08. The monoisotopic (exact) mass is 500 g/mol. The summed E-state index contributed by atoms with van der Waals surface area (Å²) < 4.78 is 5.20. The van der Waals surface area contributed by atoms with E-state index in [2.05, 4.69) is 10.6 Å². The molecule has 0 saturated carbocycles. The van der Waals surface area contributed by atoms with Crippen LogP contribution in [0.2, 0.25) is 0 Å². The second kappa shape index (κ2) is 11.6. The van der Waals surface area contributed by atoms with E-state index in [1.54, 1.807) is 26.8 Å². The molecule has 192 valence electrons. The van der Waals surface area contributed by atoms with Crippen molar-refractivity contribution < 1.29 is 19.1 Å². The predicted octanol–water partition coefficient (Wildman–Crippen LogP) is 5.01. The number of ether oxygens (including phenoxy) is 1. The lowest BCUT2D eigenvalue weighted by molar-refractivity contribution is -0.137. The highest BCUT2D eigenvalue weighted by Gasteiger charge is 2.32. The zero-order valence-corrected chi connectivity index (χ0v) is 21.8. The maximum Gasteiger partial charge on any atom is 0.408 e. The van der Waals surface area contributed by atoms with E-state index < -0.39 is 36.1 Å². The fourth-order valence-electron chi connectivity index (χ4n) is 4.08. The van der Waals surface area contributed by atoms with Crippen molar-refractivity contribution in [2.75, 3.05) is 18.4 Å². The van der Waals surface area contributed by atoms with Gasteiger partial charge in [-0.1, -0.05) is 59.7 Å². The Balaban J connectivity index is 1.93. The topological polar surface area (TPSA) is 112 Å². The third-order valence-electron chi connectivity index (χ3n) is 5.48. The Labute approximate surface area is 217 Å². The van der Waals surface area contributed by atoms with Crippen molar-refractivity contribution in [3.8, 4) is 6.07 Å². The normalized spacial score (nSPS) is 11.8. The summed E-state index contributed by atoms with van der Waals surface area (Å²) in [5.74, 6) is -1.06. The van der Waals surface area contributed by atoms with Gasteiger partial charge in [0.05, 0.1) is 6.07 Å². The van der Waals surface area contributed by atoms with Gasteiger partial charge in [-0.2, -0.15) is 5.26 Å². The zero-order chi connectivity index (χ0) is 27.2. The second-order valence-corrected chi connectivity index (χ2v) is 9.91. The lowest BCUT2D eigenvalue weighted by atomic mass is 9.99. The molecule has 0 aliphatic rings. The van der Waals surface area contributed by atoms with Gasteiger partial charge in [0.15, 0.2) is 0 Å². The third kappa shape index (κ3) is 7.55. The number of alkyl carbamates (subject to hydrolysis) is 1. The van der Waals surface area contributed by atoms with Gasteiger partial charge in [-0.15, -0.1) is 0 Å². The van der Waals surface area contributed by atoms with Crippen LogP contribution < -0.4 is 10.6 Å². The van der Waals surface area contributed by atoms with Crippen LogP contribution in [0.3, 0.4) is 0 Å². The summed E-state index contributed by atoms with van der Waals surface area (Å²) in [5, 5.41) is 16.8. The molecule has 0 spiro atoms. The summed E-state index contributed by atoms with van der Waals surface area (Å²) >= 11 is 0. The first-order valence-corrected chi connectivity index (χ1v) is 12.0. The molecular formula is C29H32N4O4. The number of hydrogen-bond donors (Lipinski definition) is 2. The third-order valence-corrected chi connectivity index (χ3v) is 5.48. The van der Waals surface area contributed by atoms with Crippen LogP contribution in [0.1, 0.15) is 43.5 Å². The van der Waals surface area contributed by atoms with E-state index in [-0.39, 0.29) is 6.54 Å². The largest absolute Gasteiger partial charge is 0.444 e. The highest BCUT2D eigenvalue weighted by molar-refractivity contribution is 6.00. The zero-order valence-electron chi connectivity index (χ0n) is 21.8. The smallest absolute Gasteiger partial charge is 0.408 e. The van der Waals surface area contributed by atoms with Crippen molar-refractivity contribution in [3.05, 3.63) is 77.4 Å². The van der Waals surface area contributed by atoms with E-state index in [0.717, 1.165) is 21.9 Å². The van der Waals surface area contributed by atoms with Gasteiger partial charge in [0, 0.05) is 5.69 Å². The minimum Gasteiger partial charge on any atom is -0.444 e. The average Bonchev–Trinajstić information content (AvgIpc) is 2.80. The highest BCUT2D eigenvalue weighted by atomic mass is 16.6. The first kappa shape index (κ1) is 27.2. The van der Waals surface area contributed by atoms with Crippen molar-refractivity contribution in [2.45, 2.75) is 46.3 Å². The van der Waals surface area contributed by atoms with Crippen molar-refractivity contribution in [3.63, 3.8) is 0 Å². The van der Waals surface area contributed by atoms with Gasteiger partial charge >= 0.3 is 6.09 Å². The molecule has 3 rings (SSSR count). The number of nitriles is 1. The highest BCUT2D eigenvalue weighted by Crippen LogP contribution is 2.26. The standard InChI is InChI=1S/C29H32N4O4/c1-19-14-20(2)16-23(15-19)26(27(35)32-24-11-10-21-8-6-7-9-22(21)17-24)33(13-12-30)25(34)18-31-28(36)37-29(3,4)5/h6-11,14-17,26H,13,18H2,1-5H3,(H,31,36)(H,32,35). The number of nitrogens with one attached hydrogen (secondary N) is 2. The maximum absolute atomic E-state index is 13.7. The van der Waals surface area contributed by atoms with E-state index in [0.29, 0.717) is 11.3 Å². The molecule has 0 radical (unpaired) electrons. The molecule has 0 aliphatic heterocycles. The van der Waals surface area contributed by atoms with Crippen LogP contribution in [0.4, 0.5) is 10.5 Å². The van der Waals surface area contributed by atoms with Crippen LogP contribution >= 0.6 is 0 Å². The number of hydrogen-bond acceptors (Lipinski definition) is 5. The van der Waals surface area contributed by atoms with Gasteiger partial charge in [0.25, 0.3) is 5.91 Å². The van der Waals surface area contributed by atoms with Gasteiger partial charge in [-0.25, -0.2) is 4.79 Å². The Morgan fingerprint density at radius 2 is 1.62 bits per heavy atom. The number of benzene rings is 3. The molecular weight excluding hydrogens is 468 g/mol. The first-order valence-electron chi connectivity index (χ1n) is 12.0. The Hall–Kier alpha value is -4.38. The molecule has 1 unspecified atom stereocenters. The van der Waals surface area contributed by atoms with E-state index in [1.807, 2.05) is 74.5 Å². The summed E-state index contributed by atoms with van der Waals surface area (Å²) in [7, 11) is 0. The lowest BCUT2D eigenvalue weighted by Crippen LogP contribution is -2.46. The number of carbonyl (C=O) groups is 3. The summed E-state index contributed by atoms with van der Waals surface area (Å²) in [5.41, 5.74) is 2.22. The molecule has 0 aliphatic carbocycles. The van der Waals surface area contributed by atoms with Crippen LogP contribution in [-0.2, 0) is 14.3 Å². The molecule has 8 heteroatoms. The Morgan fingerprint density at radius 1 is 0.973 bits per heavy atom. The Kier molecular flexibility index (Phi) is 8.51. The van der Waals surface area contributed by atoms with E-state index in [4.69, 9.17) is 4.74 Å². The predicted molar refractivity (Wildman–Crippen MR) is 143 cm³/mol. The van der Waals surface area contributed by atoms with Gasteiger partial charge in [0.2, 0.25) is 5.91 Å². The SMILES string of the molecule is Cc1cc(C)cc(C(C(=O)Nc2ccc3ccccc3c2)N(CC#N)C(=O)CNC(=O)OC(C)(C)C)c1. The Bertz CT molecular complexity index is 1330. The van der Waals surface area contributed by atoms with Crippen LogP contribution in [0.5, 0.6) is 0 Å². The molecule has 2 N–H and O–H groups in total. The minimum absolute atomic E-state index is 0.350. The molecule has 0 fully saturated rings.